The molecule has 0 heterocycles. The number of hydrogen-bond donors (Lipinski definition) is 0. The van der Waals surface area contributed by atoms with E-state index in [-0.39, 0.29) is 0 Å². The number of anilines is 2. The molecule has 4 rings (SSSR count). The fourth-order valence-electron chi connectivity index (χ4n) is 2.77. The summed E-state index contributed by atoms with van der Waals surface area (Å²) in [6, 6.07) is 38.6. The van der Waals surface area contributed by atoms with Crippen molar-refractivity contribution in [3.63, 3.8) is 0 Å². The van der Waals surface area contributed by atoms with Crippen molar-refractivity contribution >= 4 is 18.7 Å². The highest BCUT2D eigenvalue weighted by Crippen LogP contribution is 2.27. The molecule has 0 N–H and O–H groups in total. The molecule has 0 radical (unpaired) electrons. The van der Waals surface area contributed by atoms with E-state index in [1.807, 2.05) is 121 Å². The quantitative estimate of drug-likeness (QED) is 0.281. The third kappa shape index (κ3) is 5.18. The molecular weight excluding hydrogens is 361 g/mol. The zero-order valence-corrected chi connectivity index (χ0v) is 15.8. The molecule has 0 saturated heterocycles. The van der Waals surface area contributed by atoms with Gasteiger partial charge < -0.3 is 9.31 Å². The Morgan fingerprint density at radius 3 is 1.17 bits per heavy atom. The van der Waals surface area contributed by atoms with E-state index >= 15 is 0 Å². The summed E-state index contributed by atoms with van der Waals surface area (Å²) in [4.78, 5) is 0. The first kappa shape index (κ1) is 18.7. The number of hydrogen-bond acceptors (Lipinski definition) is 4. The molecule has 4 aromatic carbocycles. The zero-order valence-electron chi connectivity index (χ0n) is 15.8. The van der Waals surface area contributed by atoms with Crippen LogP contribution in [0.4, 0.5) is 11.4 Å². The van der Waals surface area contributed by atoms with Gasteiger partial charge in [-0.05, 0) is 48.5 Å². The van der Waals surface area contributed by atoms with Gasteiger partial charge in [0, 0.05) is 0 Å². The molecule has 0 amide bonds. The van der Waals surface area contributed by atoms with Crippen LogP contribution in [0.15, 0.2) is 121 Å². The summed E-state index contributed by atoms with van der Waals surface area (Å²) in [5.74, 6) is 1.30. The highest BCUT2D eigenvalue weighted by molar-refractivity contribution is 6.38. The Morgan fingerprint density at radius 2 is 0.793 bits per heavy atom. The summed E-state index contributed by atoms with van der Waals surface area (Å²) in [6.07, 6.45) is 0. The van der Waals surface area contributed by atoms with Gasteiger partial charge >= 0.3 is 7.32 Å². The van der Waals surface area contributed by atoms with Crippen molar-refractivity contribution in [1.82, 2.24) is 0 Å². The second-order valence-corrected chi connectivity index (χ2v) is 6.22. The molecule has 0 spiro atoms. The fourth-order valence-corrected chi connectivity index (χ4v) is 2.77. The van der Waals surface area contributed by atoms with E-state index in [0.717, 1.165) is 11.4 Å². The third-order valence-electron chi connectivity index (χ3n) is 4.12. The predicted octanol–water partition coefficient (Wildman–Crippen LogP) is 5.90. The van der Waals surface area contributed by atoms with Gasteiger partial charge in [-0.15, -0.1) is 0 Å². The first-order chi connectivity index (χ1) is 14.4. The van der Waals surface area contributed by atoms with Crippen molar-refractivity contribution in [3.8, 4) is 11.5 Å². The second kappa shape index (κ2) is 9.49. The maximum Gasteiger partial charge on any atom is 0.811 e. The van der Waals surface area contributed by atoms with Crippen LogP contribution in [-0.2, 0) is 4.76 Å². The average Bonchev–Trinajstić information content (AvgIpc) is 2.80. The average molecular weight is 381 g/mol. The van der Waals surface area contributed by atoms with Crippen molar-refractivity contribution in [2.24, 2.45) is 0 Å². The summed E-state index contributed by atoms with van der Waals surface area (Å²) in [7, 11) is -1.000. The maximum absolute atomic E-state index is 6.22. The standard InChI is InChI=1S/C24H20BNO3/c1-5-13-21(14-6-1)26(22-15-7-2-8-16-22)29-25(27-23-17-9-3-10-18-23)28-24-19-11-4-12-20-24/h1-20H. The summed E-state index contributed by atoms with van der Waals surface area (Å²) in [5.41, 5.74) is 1.72. The van der Waals surface area contributed by atoms with E-state index in [2.05, 4.69) is 0 Å². The molecule has 29 heavy (non-hydrogen) atoms. The minimum absolute atomic E-state index is 0.648. The lowest BCUT2D eigenvalue weighted by molar-refractivity contribution is 0.203. The largest absolute Gasteiger partial charge is 0.811 e. The second-order valence-electron chi connectivity index (χ2n) is 6.22. The summed E-state index contributed by atoms with van der Waals surface area (Å²) in [6.45, 7) is 0. The van der Waals surface area contributed by atoms with Crippen molar-refractivity contribution in [1.29, 1.82) is 0 Å². The molecular formula is C24H20BNO3. The minimum atomic E-state index is -1.000. The van der Waals surface area contributed by atoms with Crippen molar-refractivity contribution in [2.75, 3.05) is 5.06 Å². The van der Waals surface area contributed by atoms with Crippen LogP contribution in [0.1, 0.15) is 0 Å². The smallest absolute Gasteiger partial charge is 0.500 e. The molecule has 0 atom stereocenters. The van der Waals surface area contributed by atoms with Crippen molar-refractivity contribution in [3.05, 3.63) is 121 Å². The number of rotatable bonds is 8. The van der Waals surface area contributed by atoms with Crippen molar-refractivity contribution < 1.29 is 14.1 Å². The maximum atomic E-state index is 6.22. The van der Waals surface area contributed by atoms with Gasteiger partial charge in [0.25, 0.3) is 0 Å². The van der Waals surface area contributed by atoms with Gasteiger partial charge in [0.05, 0.1) is 11.4 Å². The highest BCUT2D eigenvalue weighted by atomic mass is 16.8. The number of para-hydroxylation sites is 4. The molecule has 0 aromatic heterocycles. The lowest BCUT2D eigenvalue weighted by atomic mass is 10.2. The third-order valence-corrected chi connectivity index (χ3v) is 4.12. The summed E-state index contributed by atoms with van der Waals surface area (Å²) < 4.78 is 18.2. The first-order valence-electron chi connectivity index (χ1n) is 9.39. The van der Waals surface area contributed by atoms with E-state index < -0.39 is 7.32 Å². The van der Waals surface area contributed by atoms with Gasteiger partial charge in [-0.1, -0.05) is 72.8 Å². The Bertz CT molecular complexity index is 905. The SMILES string of the molecule is c1ccc(OB(Oc2ccccc2)ON(c2ccccc2)c2ccccc2)cc1. The van der Waals surface area contributed by atoms with Crippen LogP contribution in [0.3, 0.4) is 0 Å². The fraction of sp³-hybridized carbons (Fsp3) is 0. The van der Waals surface area contributed by atoms with Crippen LogP contribution in [0.5, 0.6) is 11.5 Å². The Balaban J connectivity index is 1.64. The van der Waals surface area contributed by atoms with E-state index in [1.165, 1.54) is 0 Å². The lowest BCUT2D eigenvalue weighted by Crippen LogP contribution is -2.39. The van der Waals surface area contributed by atoms with E-state index in [9.17, 15) is 0 Å². The van der Waals surface area contributed by atoms with Gasteiger partial charge in [-0.3, -0.25) is 0 Å². The molecule has 0 aliphatic carbocycles. The zero-order chi connectivity index (χ0) is 19.7. The molecule has 0 aliphatic heterocycles. The van der Waals surface area contributed by atoms with Gasteiger partial charge in [0.15, 0.2) is 0 Å². The Kier molecular flexibility index (Phi) is 6.10. The molecule has 5 heteroatoms. The molecule has 0 unspecified atom stereocenters. The predicted molar refractivity (Wildman–Crippen MR) is 116 cm³/mol. The van der Waals surface area contributed by atoms with Gasteiger partial charge in [-0.25, -0.2) is 9.82 Å². The topological polar surface area (TPSA) is 30.9 Å². The minimum Gasteiger partial charge on any atom is -0.500 e. The first-order valence-corrected chi connectivity index (χ1v) is 9.39. The Hall–Kier alpha value is -3.70. The highest BCUT2D eigenvalue weighted by Gasteiger charge is 2.32. The van der Waals surface area contributed by atoms with Crippen LogP contribution in [-0.4, -0.2) is 7.32 Å². The van der Waals surface area contributed by atoms with Crippen LogP contribution in [0.2, 0.25) is 0 Å². The van der Waals surface area contributed by atoms with Crippen LogP contribution in [0.25, 0.3) is 0 Å². The van der Waals surface area contributed by atoms with Gasteiger partial charge in [0.2, 0.25) is 0 Å². The van der Waals surface area contributed by atoms with E-state index in [0.29, 0.717) is 11.5 Å². The molecule has 0 aliphatic rings. The molecule has 4 aromatic rings. The summed E-state index contributed by atoms with van der Waals surface area (Å²) >= 11 is 0. The van der Waals surface area contributed by atoms with Gasteiger partial charge in [-0.2, -0.15) is 0 Å². The van der Waals surface area contributed by atoms with Gasteiger partial charge in [0.1, 0.15) is 11.5 Å². The van der Waals surface area contributed by atoms with Crippen LogP contribution >= 0.6 is 0 Å². The molecule has 0 bridgehead atoms. The molecule has 142 valence electrons. The Morgan fingerprint density at radius 1 is 0.448 bits per heavy atom. The normalized spacial score (nSPS) is 10.2. The monoisotopic (exact) mass is 381 g/mol. The van der Waals surface area contributed by atoms with Crippen molar-refractivity contribution in [2.45, 2.75) is 0 Å². The molecule has 0 fully saturated rings. The van der Waals surface area contributed by atoms with Crippen LogP contribution < -0.4 is 14.4 Å². The lowest BCUT2D eigenvalue weighted by Gasteiger charge is -2.26. The Labute approximate surface area is 171 Å². The van der Waals surface area contributed by atoms with Crippen LogP contribution in [0, 0.1) is 0 Å². The molecule has 4 nitrogen and oxygen atoms in total. The van der Waals surface area contributed by atoms with E-state index in [4.69, 9.17) is 14.1 Å². The van der Waals surface area contributed by atoms with E-state index in [1.54, 1.807) is 5.06 Å². The summed E-state index contributed by atoms with van der Waals surface area (Å²) in [5, 5.41) is 1.70. The number of nitrogens with zero attached hydrogens (tertiary/aromatic N) is 1. The molecule has 0 saturated carbocycles. The number of benzene rings is 4.